The van der Waals surface area contributed by atoms with Crippen LogP contribution in [-0.2, 0) is 26.2 Å². The number of fused-ring (bicyclic) bond motifs is 6. The molecule has 30 heavy (non-hydrogen) atoms. The monoisotopic (exact) mass is 463 g/mol. The maximum Gasteiger partial charge on any atom is 3.00 e. The normalized spacial score (nSPS) is 10.5. The fraction of sp³-hybridized carbons (Fsp3) is 0.0690. The van der Waals surface area contributed by atoms with E-state index in [4.69, 9.17) is 0 Å². The average Bonchev–Trinajstić information content (AvgIpc) is 3.30. The van der Waals surface area contributed by atoms with Crippen molar-refractivity contribution < 1.29 is 26.2 Å². The minimum atomic E-state index is 0. The zero-order chi connectivity index (χ0) is 19.1. The van der Waals surface area contributed by atoms with Gasteiger partial charge in [-0.1, -0.05) is 96.1 Å². The Morgan fingerprint density at radius 2 is 0.867 bits per heavy atom. The van der Waals surface area contributed by atoms with Crippen molar-refractivity contribution in [3.63, 3.8) is 0 Å². The Hall–Kier alpha value is -2.50. The van der Waals surface area contributed by atoms with Crippen molar-refractivity contribution in [2.24, 2.45) is 0 Å². The van der Waals surface area contributed by atoms with E-state index in [1.807, 2.05) is 0 Å². The van der Waals surface area contributed by atoms with Gasteiger partial charge in [0.1, 0.15) is 0 Å². The third-order valence-electron chi connectivity index (χ3n) is 5.52. The minimum absolute atomic E-state index is 0. The summed E-state index contributed by atoms with van der Waals surface area (Å²) in [6.07, 6.45) is 0. The van der Waals surface area contributed by atoms with Crippen LogP contribution >= 0.6 is 0 Å². The molecule has 6 aromatic carbocycles. The van der Waals surface area contributed by atoms with Crippen molar-refractivity contribution >= 4 is 43.1 Å². The molecule has 0 spiro atoms. The molecule has 0 saturated carbocycles. The molecular weight excluding hydrogens is 440 g/mol. The maximum absolute atomic E-state index is 2.26. The van der Waals surface area contributed by atoms with Gasteiger partial charge in [-0.05, 0) is 0 Å². The van der Waals surface area contributed by atoms with Gasteiger partial charge in [-0.15, -0.1) is 56.9 Å². The first-order valence-corrected chi connectivity index (χ1v) is 9.79. The largest absolute Gasteiger partial charge is 3.00 e. The molecule has 145 valence electrons. The summed E-state index contributed by atoms with van der Waals surface area (Å²) in [4.78, 5) is 0. The molecule has 0 saturated heterocycles. The third-order valence-corrected chi connectivity index (χ3v) is 5.52. The summed E-state index contributed by atoms with van der Waals surface area (Å²) in [6, 6.07) is 34.9. The fourth-order valence-electron chi connectivity index (χ4n) is 4.23. The zero-order valence-electron chi connectivity index (χ0n) is 17.7. The average molecular weight is 465 g/mol. The molecule has 0 bridgehead atoms. The number of benzene rings is 4. The predicted octanol–water partition coefficient (Wildman–Crippen LogP) is 8.49. The number of hydrogen-bond acceptors (Lipinski definition) is 0. The Morgan fingerprint density at radius 1 is 0.500 bits per heavy atom. The van der Waals surface area contributed by atoms with Gasteiger partial charge >= 0.3 is 26.2 Å². The van der Waals surface area contributed by atoms with Gasteiger partial charge in [-0.3, -0.25) is 0 Å². The summed E-state index contributed by atoms with van der Waals surface area (Å²) in [5, 5.41) is 10.8. The van der Waals surface area contributed by atoms with Gasteiger partial charge in [0.05, 0.1) is 0 Å². The molecule has 0 nitrogen and oxygen atoms in total. The number of aryl methyl sites for hydroxylation is 2. The van der Waals surface area contributed by atoms with E-state index in [1.165, 1.54) is 54.2 Å². The van der Waals surface area contributed by atoms with E-state index < -0.39 is 0 Å². The smallest absolute Gasteiger partial charge is 0.358 e. The van der Waals surface area contributed by atoms with E-state index >= 15 is 0 Å². The molecule has 0 aliphatic carbocycles. The molecule has 0 fully saturated rings. The molecule has 0 aliphatic rings. The van der Waals surface area contributed by atoms with Crippen molar-refractivity contribution in [3.8, 4) is 0 Å². The van der Waals surface area contributed by atoms with E-state index in [-0.39, 0.29) is 33.6 Å². The van der Waals surface area contributed by atoms with Gasteiger partial charge in [-0.25, -0.2) is 0 Å². The zero-order valence-corrected chi connectivity index (χ0v) is 20.2. The molecule has 0 aliphatic heterocycles. The van der Waals surface area contributed by atoms with Crippen LogP contribution in [-0.4, -0.2) is 0 Å². The number of rotatable bonds is 0. The van der Waals surface area contributed by atoms with Gasteiger partial charge in [-0.2, -0.15) is 12.1 Å². The maximum atomic E-state index is 2.26. The Labute approximate surface area is 198 Å². The Balaban J connectivity index is 0.000000160. The summed E-state index contributed by atoms with van der Waals surface area (Å²) in [5.41, 5.74) is 2.69. The number of hydrogen-bond donors (Lipinski definition) is 0. The van der Waals surface area contributed by atoms with Crippen molar-refractivity contribution in [2.45, 2.75) is 13.8 Å². The summed E-state index contributed by atoms with van der Waals surface area (Å²) in [5.74, 6) is 0. The summed E-state index contributed by atoms with van der Waals surface area (Å²) in [7, 11) is 0. The van der Waals surface area contributed by atoms with E-state index in [0.29, 0.717) is 0 Å². The van der Waals surface area contributed by atoms with Gasteiger partial charge < -0.3 is 7.43 Å². The van der Waals surface area contributed by atoms with E-state index in [0.717, 1.165) is 0 Å². The Morgan fingerprint density at radius 3 is 1.30 bits per heavy atom. The second-order valence-electron chi connectivity index (χ2n) is 7.64. The van der Waals surface area contributed by atoms with Crippen LogP contribution in [0.4, 0.5) is 0 Å². The van der Waals surface area contributed by atoms with Crippen molar-refractivity contribution in [1.82, 2.24) is 0 Å². The first kappa shape index (κ1) is 22.2. The minimum Gasteiger partial charge on any atom is -0.358 e. The summed E-state index contributed by atoms with van der Waals surface area (Å²) < 4.78 is 0. The van der Waals surface area contributed by atoms with Crippen LogP contribution in [0.15, 0.2) is 97.1 Å². The second kappa shape index (κ2) is 9.11. The first-order chi connectivity index (χ1) is 13.7. The van der Waals surface area contributed by atoms with Crippen molar-refractivity contribution in [3.05, 3.63) is 116 Å². The molecular formula is C29H25Zr. The standard InChI is InChI=1S/2C14H11.CH3.Zr/c2*1-10-8-12-7-6-11-4-2-3-5-13(11)14(12)9-10;;/h2*2-9H,1H3;1H3;/q3*-1;+3. The van der Waals surface area contributed by atoms with Crippen LogP contribution in [0.3, 0.4) is 0 Å². The molecule has 0 atom stereocenters. The van der Waals surface area contributed by atoms with Gasteiger partial charge in [0.25, 0.3) is 0 Å². The molecule has 1 radical (unpaired) electrons. The van der Waals surface area contributed by atoms with Gasteiger partial charge in [0, 0.05) is 0 Å². The van der Waals surface area contributed by atoms with E-state index in [9.17, 15) is 0 Å². The van der Waals surface area contributed by atoms with Crippen molar-refractivity contribution in [2.75, 3.05) is 0 Å². The van der Waals surface area contributed by atoms with Crippen molar-refractivity contribution in [1.29, 1.82) is 0 Å². The molecule has 1 heteroatoms. The van der Waals surface area contributed by atoms with Crippen LogP contribution in [0.5, 0.6) is 0 Å². The second-order valence-corrected chi connectivity index (χ2v) is 7.64. The van der Waals surface area contributed by atoms with Crippen LogP contribution < -0.4 is 0 Å². The molecule has 6 aromatic rings. The Bertz CT molecular complexity index is 1320. The Kier molecular flexibility index (Phi) is 6.74. The van der Waals surface area contributed by atoms with E-state index in [2.05, 4.69) is 111 Å². The van der Waals surface area contributed by atoms with Gasteiger partial charge in [0.2, 0.25) is 0 Å². The van der Waals surface area contributed by atoms with E-state index in [1.54, 1.807) is 0 Å². The quantitative estimate of drug-likeness (QED) is 0.198. The fourth-order valence-corrected chi connectivity index (χ4v) is 4.23. The molecule has 0 unspecified atom stereocenters. The molecule has 0 amide bonds. The molecule has 0 N–H and O–H groups in total. The first-order valence-electron chi connectivity index (χ1n) is 9.79. The van der Waals surface area contributed by atoms with Gasteiger partial charge in [0.15, 0.2) is 0 Å². The summed E-state index contributed by atoms with van der Waals surface area (Å²) >= 11 is 0. The molecule has 0 heterocycles. The SMILES string of the molecule is Cc1cc2ccc3ccccc3c2[cH-]1.Cc1cc2ccc3ccccc3c2[cH-]1.[CH3-].[Zr+3]. The summed E-state index contributed by atoms with van der Waals surface area (Å²) in [6.45, 7) is 4.30. The van der Waals surface area contributed by atoms with Crippen LogP contribution in [0.2, 0.25) is 0 Å². The predicted molar refractivity (Wildman–Crippen MR) is 130 cm³/mol. The van der Waals surface area contributed by atoms with Crippen LogP contribution in [0.25, 0.3) is 43.1 Å². The third kappa shape index (κ3) is 4.05. The molecule has 0 aromatic heterocycles. The molecule has 6 rings (SSSR count). The topological polar surface area (TPSA) is 0 Å². The van der Waals surface area contributed by atoms with Crippen LogP contribution in [0.1, 0.15) is 11.1 Å². The van der Waals surface area contributed by atoms with Crippen LogP contribution in [0, 0.1) is 21.3 Å².